The molecule has 1 aliphatic heterocycles. The molecular formula is C24H23N5O4. The Morgan fingerprint density at radius 2 is 1.97 bits per heavy atom. The lowest BCUT2D eigenvalue weighted by atomic mass is 9.96. The summed E-state index contributed by atoms with van der Waals surface area (Å²) in [5, 5.41) is 13.4. The largest absolute Gasteiger partial charge is 0.465 e. The van der Waals surface area contributed by atoms with Gasteiger partial charge in [0, 0.05) is 52.5 Å². The summed E-state index contributed by atoms with van der Waals surface area (Å²) in [6, 6.07) is 11.5. The summed E-state index contributed by atoms with van der Waals surface area (Å²) in [6.07, 6.45) is 0.490. The number of morpholine rings is 1. The molecule has 3 heterocycles. The number of pyridine rings is 1. The van der Waals surface area contributed by atoms with Gasteiger partial charge in [0.2, 0.25) is 0 Å². The second-order valence-electron chi connectivity index (χ2n) is 8.00. The van der Waals surface area contributed by atoms with Crippen LogP contribution in [0.25, 0.3) is 32.9 Å². The number of carboxylic acid groups (broad SMARTS) is 1. The van der Waals surface area contributed by atoms with E-state index in [-0.39, 0.29) is 5.69 Å². The number of hydrogen-bond acceptors (Lipinski definition) is 5. The summed E-state index contributed by atoms with van der Waals surface area (Å²) in [4.78, 5) is 33.3. The lowest BCUT2D eigenvalue weighted by Crippen LogP contribution is -2.36. The van der Waals surface area contributed by atoms with E-state index in [1.165, 1.54) is 0 Å². The molecule has 168 valence electrons. The number of amides is 2. The van der Waals surface area contributed by atoms with Gasteiger partial charge in [-0.25, -0.2) is 9.78 Å². The van der Waals surface area contributed by atoms with Gasteiger partial charge in [-0.05, 0) is 36.2 Å². The minimum atomic E-state index is -1.13. The van der Waals surface area contributed by atoms with E-state index < -0.39 is 12.0 Å². The fraction of sp³-hybridized carbons (Fsp3) is 0.208. The summed E-state index contributed by atoms with van der Waals surface area (Å²) in [6.45, 7) is 4.84. The van der Waals surface area contributed by atoms with Gasteiger partial charge in [0.25, 0.3) is 5.91 Å². The first-order valence-electron chi connectivity index (χ1n) is 10.6. The molecule has 0 radical (unpaired) electrons. The average molecular weight is 445 g/mol. The van der Waals surface area contributed by atoms with Crippen LogP contribution in [0.3, 0.4) is 0 Å². The Morgan fingerprint density at radius 3 is 2.70 bits per heavy atom. The van der Waals surface area contributed by atoms with Gasteiger partial charge in [-0.3, -0.25) is 10.1 Å². The van der Waals surface area contributed by atoms with Crippen LogP contribution in [0.2, 0.25) is 0 Å². The molecule has 0 bridgehead atoms. The molecule has 0 aliphatic carbocycles. The highest BCUT2D eigenvalue weighted by Gasteiger charge is 2.20. The molecule has 0 saturated carbocycles. The minimum Gasteiger partial charge on any atom is -0.465 e. The molecule has 1 saturated heterocycles. The van der Waals surface area contributed by atoms with Gasteiger partial charge in [0.1, 0.15) is 0 Å². The maximum Gasteiger partial charge on any atom is 0.409 e. The smallest absolute Gasteiger partial charge is 0.409 e. The number of nitrogens with two attached hydrogens (primary N) is 1. The molecule has 0 atom stereocenters. The van der Waals surface area contributed by atoms with Crippen molar-refractivity contribution in [2.24, 2.45) is 5.73 Å². The van der Waals surface area contributed by atoms with Crippen molar-refractivity contribution in [1.29, 1.82) is 0 Å². The average Bonchev–Trinajstić information content (AvgIpc) is 3.19. The highest BCUT2D eigenvalue weighted by molar-refractivity contribution is 6.19. The number of carbonyl (C=O) groups is 2. The highest BCUT2D eigenvalue weighted by Crippen LogP contribution is 2.39. The van der Waals surface area contributed by atoms with Crippen molar-refractivity contribution < 1.29 is 19.4 Å². The maximum absolute atomic E-state index is 12.1. The van der Waals surface area contributed by atoms with Crippen LogP contribution in [0, 0.1) is 6.92 Å². The molecule has 1 fully saturated rings. The number of anilines is 2. The Bertz CT molecular complexity index is 1410. The number of nitrogens with one attached hydrogen (secondary N) is 2. The van der Waals surface area contributed by atoms with E-state index in [0.29, 0.717) is 24.4 Å². The van der Waals surface area contributed by atoms with Gasteiger partial charge in [-0.2, -0.15) is 0 Å². The summed E-state index contributed by atoms with van der Waals surface area (Å²) in [5.41, 5.74) is 11.1. The van der Waals surface area contributed by atoms with E-state index in [2.05, 4.69) is 32.3 Å². The van der Waals surface area contributed by atoms with Crippen molar-refractivity contribution in [2.75, 3.05) is 36.5 Å². The number of aromatic amines is 1. The maximum atomic E-state index is 12.1. The van der Waals surface area contributed by atoms with Crippen LogP contribution in [0.4, 0.5) is 16.2 Å². The summed E-state index contributed by atoms with van der Waals surface area (Å²) < 4.78 is 5.46. The second kappa shape index (κ2) is 8.10. The molecule has 0 spiro atoms. The third kappa shape index (κ3) is 3.62. The Morgan fingerprint density at radius 1 is 1.18 bits per heavy atom. The van der Waals surface area contributed by atoms with Crippen molar-refractivity contribution in [3.8, 4) is 11.1 Å². The monoisotopic (exact) mass is 445 g/mol. The number of carbonyl (C=O) groups excluding carboxylic acids is 1. The van der Waals surface area contributed by atoms with Gasteiger partial charge in [-0.1, -0.05) is 18.2 Å². The Hall–Kier alpha value is -4.11. The molecule has 2 aromatic heterocycles. The SMILES string of the molecule is Cc1c(NC(=O)O)cccc1-c1cnc(C(N)=O)c2[nH]c3cc(N4CCOCC4)ccc3c12. The Balaban J connectivity index is 1.74. The number of hydrogen-bond donors (Lipinski definition) is 4. The summed E-state index contributed by atoms with van der Waals surface area (Å²) in [7, 11) is 0. The molecule has 0 unspecified atom stereocenters. The molecule has 9 heteroatoms. The zero-order chi connectivity index (χ0) is 23.1. The first-order chi connectivity index (χ1) is 15.9. The number of H-pyrrole nitrogens is 1. The van der Waals surface area contributed by atoms with Crippen LogP contribution in [0.1, 0.15) is 16.1 Å². The molecule has 4 aromatic rings. The summed E-state index contributed by atoms with van der Waals surface area (Å²) in [5.74, 6) is -0.621. The van der Waals surface area contributed by atoms with Gasteiger partial charge < -0.3 is 25.5 Å². The van der Waals surface area contributed by atoms with Crippen molar-refractivity contribution in [2.45, 2.75) is 6.92 Å². The van der Waals surface area contributed by atoms with Crippen LogP contribution in [0.5, 0.6) is 0 Å². The predicted molar refractivity (Wildman–Crippen MR) is 127 cm³/mol. The fourth-order valence-electron chi connectivity index (χ4n) is 4.49. The van der Waals surface area contributed by atoms with Gasteiger partial charge in [-0.15, -0.1) is 0 Å². The normalized spacial score (nSPS) is 14.0. The van der Waals surface area contributed by atoms with Gasteiger partial charge >= 0.3 is 6.09 Å². The predicted octanol–water partition coefficient (Wildman–Crippen LogP) is 3.72. The zero-order valence-electron chi connectivity index (χ0n) is 18.0. The van der Waals surface area contributed by atoms with Crippen LogP contribution >= 0.6 is 0 Å². The number of fused-ring (bicyclic) bond motifs is 3. The number of aromatic nitrogens is 2. The Labute approximate surface area is 189 Å². The van der Waals surface area contributed by atoms with Crippen molar-refractivity contribution >= 4 is 45.2 Å². The van der Waals surface area contributed by atoms with Crippen molar-refractivity contribution in [1.82, 2.24) is 9.97 Å². The van der Waals surface area contributed by atoms with E-state index in [1.54, 1.807) is 18.3 Å². The molecule has 5 N–H and O–H groups in total. The quantitative estimate of drug-likeness (QED) is 0.378. The fourth-order valence-corrected chi connectivity index (χ4v) is 4.49. The van der Waals surface area contributed by atoms with E-state index in [0.717, 1.165) is 51.8 Å². The molecule has 5 rings (SSSR count). The van der Waals surface area contributed by atoms with E-state index in [4.69, 9.17) is 10.5 Å². The van der Waals surface area contributed by atoms with Crippen molar-refractivity contribution in [3.05, 3.63) is 53.9 Å². The molecule has 2 aromatic carbocycles. The molecule has 2 amide bonds. The standard InChI is InChI=1S/C24H23N5O4/c1-13-15(3-2-4-18(13)28-24(31)32)17-12-26-22(23(25)30)21-20(17)16-6-5-14(11-19(16)27-21)29-7-9-33-10-8-29/h2-6,11-12,27-28H,7-10H2,1H3,(H2,25,30)(H,31,32). The van der Waals surface area contributed by atoms with Crippen LogP contribution in [-0.4, -0.2) is 53.4 Å². The molecule has 9 nitrogen and oxygen atoms in total. The second-order valence-corrected chi connectivity index (χ2v) is 8.00. The number of ether oxygens (including phenoxy) is 1. The van der Waals surface area contributed by atoms with Gasteiger partial charge in [0.05, 0.1) is 18.7 Å². The first kappa shape index (κ1) is 20.8. The van der Waals surface area contributed by atoms with E-state index in [1.807, 2.05) is 19.1 Å². The van der Waals surface area contributed by atoms with Crippen LogP contribution in [0.15, 0.2) is 42.6 Å². The molecule has 1 aliphatic rings. The number of rotatable bonds is 4. The molecular weight excluding hydrogens is 422 g/mol. The third-order valence-corrected chi connectivity index (χ3v) is 6.09. The zero-order valence-corrected chi connectivity index (χ0v) is 18.0. The highest BCUT2D eigenvalue weighted by atomic mass is 16.5. The van der Waals surface area contributed by atoms with Crippen LogP contribution < -0.4 is 16.0 Å². The number of primary amides is 1. The number of nitrogens with zero attached hydrogens (tertiary/aromatic N) is 2. The summed E-state index contributed by atoms with van der Waals surface area (Å²) >= 11 is 0. The molecule has 33 heavy (non-hydrogen) atoms. The van der Waals surface area contributed by atoms with Crippen molar-refractivity contribution in [3.63, 3.8) is 0 Å². The first-order valence-corrected chi connectivity index (χ1v) is 10.6. The topological polar surface area (TPSA) is 134 Å². The number of benzene rings is 2. The van der Waals surface area contributed by atoms with E-state index in [9.17, 15) is 14.7 Å². The third-order valence-electron chi connectivity index (χ3n) is 6.09. The Kier molecular flexibility index (Phi) is 5.10. The van der Waals surface area contributed by atoms with E-state index >= 15 is 0 Å². The lowest BCUT2D eigenvalue weighted by molar-refractivity contribution is 0.0997. The van der Waals surface area contributed by atoms with Gasteiger partial charge in [0.15, 0.2) is 5.69 Å². The van der Waals surface area contributed by atoms with Crippen LogP contribution in [-0.2, 0) is 4.74 Å². The minimum absolute atomic E-state index is 0.162. The lowest BCUT2D eigenvalue weighted by Gasteiger charge is -2.28.